The summed E-state index contributed by atoms with van der Waals surface area (Å²) in [5.41, 5.74) is 2.99. The van der Waals surface area contributed by atoms with Gasteiger partial charge in [-0.3, -0.25) is 0 Å². The predicted octanol–water partition coefficient (Wildman–Crippen LogP) is 2.53. The van der Waals surface area contributed by atoms with Gasteiger partial charge in [-0.1, -0.05) is 11.8 Å². The molecule has 0 fully saturated rings. The van der Waals surface area contributed by atoms with E-state index in [-0.39, 0.29) is 6.54 Å². The summed E-state index contributed by atoms with van der Waals surface area (Å²) in [6, 6.07) is 6.13. The molecule has 1 aromatic carbocycles. The molecule has 0 aliphatic carbocycles. The smallest absolute Gasteiger partial charge is 0.408 e. The zero-order chi connectivity index (χ0) is 14.6. The maximum absolute atomic E-state index is 11.4. The van der Waals surface area contributed by atoms with E-state index >= 15 is 0 Å². The molecule has 0 aromatic heterocycles. The summed E-state index contributed by atoms with van der Waals surface area (Å²) in [5, 5.41) is 5.92. The number of rotatable bonds is 1. The van der Waals surface area contributed by atoms with Crippen LogP contribution in [-0.2, 0) is 11.2 Å². The van der Waals surface area contributed by atoms with Gasteiger partial charge in [0.1, 0.15) is 5.60 Å². The van der Waals surface area contributed by atoms with Crippen LogP contribution in [0.2, 0.25) is 0 Å². The van der Waals surface area contributed by atoms with E-state index in [0.717, 1.165) is 18.5 Å². The molecule has 0 saturated heterocycles. The van der Waals surface area contributed by atoms with Gasteiger partial charge in [0.05, 0.1) is 6.54 Å². The van der Waals surface area contributed by atoms with E-state index in [1.54, 1.807) is 0 Å². The molecule has 2 rings (SSSR count). The molecule has 0 saturated carbocycles. The minimum absolute atomic E-state index is 0.282. The minimum Gasteiger partial charge on any atom is -0.444 e. The van der Waals surface area contributed by atoms with Gasteiger partial charge in [-0.15, -0.1) is 0 Å². The van der Waals surface area contributed by atoms with Crippen LogP contribution < -0.4 is 10.6 Å². The van der Waals surface area contributed by atoms with Crippen molar-refractivity contribution in [1.29, 1.82) is 0 Å². The average Bonchev–Trinajstić information content (AvgIpc) is 2.79. The van der Waals surface area contributed by atoms with Crippen LogP contribution in [-0.4, -0.2) is 24.8 Å². The van der Waals surface area contributed by atoms with Gasteiger partial charge in [0.25, 0.3) is 0 Å². The molecule has 20 heavy (non-hydrogen) atoms. The molecule has 1 aliphatic heterocycles. The first kappa shape index (κ1) is 14.3. The van der Waals surface area contributed by atoms with Gasteiger partial charge >= 0.3 is 6.09 Å². The van der Waals surface area contributed by atoms with Crippen molar-refractivity contribution < 1.29 is 9.53 Å². The summed E-state index contributed by atoms with van der Waals surface area (Å²) >= 11 is 0. The number of fused-ring (bicyclic) bond motifs is 1. The molecule has 1 aliphatic rings. The molecule has 0 unspecified atom stereocenters. The lowest BCUT2D eigenvalue weighted by Crippen LogP contribution is -2.32. The Labute approximate surface area is 119 Å². The van der Waals surface area contributed by atoms with Crippen LogP contribution in [0.3, 0.4) is 0 Å². The Morgan fingerprint density at radius 1 is 1.45 bits per heavy atom. The van der Waals surface area contributed by atoms with Gasteiger partial charge in [0.15, 0.2) is 0 Å². The highest BCUT2D eigenvalue weighted by atomic mass is 16.6. The maximum atomic E-state index is 11.4. The van der Waals surface area contributed by atoms with Crippen LogP contribution in [0.25, 0.3) is 0 Å². The summed E-state index contributed by atoms with van der Waals surface area (Å²) < 4.78 is 5.12. The summed E-state index contributed by atoms with van der Waals surface area (Å²) in [6.07, 6.45) is 0.603. The molecule has 4 nitrogen and oxygen atoms in total. The average molecular weight is 272 g/mol. The van der Waals surface area contributed by atoms with Crippen molar-refractivity contribution in [2.45, 2.75) is 32.8 Å². The Morgan fingerprint density at radius 2 is 2.25 bits per heavy atom. The second kappa shape index (κ2) is 5.87. The van der Waals surface area contributed by atoms with Crippen LogP contribution in [0.15, 0.2) is 18.2 Å². The van der Waals surface area contributed by atoms with Gasteiger partial charge in [0.2, 0.25) is 0 Å². The normalized spacial score (nSPS) is 12.8. The molecule has 0 spiro atoms. The number of carbonyl (C=O) groups excluding carboxylic acids is 1. The molecule has 1 heterocycles. The first-order chi connectivity index (χ1) is 9.44. The lowest BCUT2D eigenvalue weighted by molar-refractivity contribution is 0.0535. The Kier molecular flexibility index (Phi) is 4.19. The van der Waals surface area contributed by atoms with Crippen molar-refractivity contribution in [3.63, 3.8) is 0 Å². The zero-order valence-electron chi connectivity index (χ0n) is 12.2. The van der Waals surface area contributed by atoms with E-state index in [1.807, 2.05) is 32.9 Å². The number of amides is 1. The van der Waals surface area contributed by atoms with Gasteiger partial charge in [-0.2, -0.15) is 0 Å². The summed E-state index contributed by atoms with van der Waals surface area (Å²) in [5.74, 6) is 5.97. The Hall–Kier alpha value is -2.15. The fourth-order valence-corrected chi connectivity index (χ4v) is 1.96. The fraction of sp³-hybridized carbons (Fsp3) is 0.438. The van der Waals surface area contributed by atoms with Crippen molar-refractivity contribution in [1.82, 2.24) is 5.32 Å². The highest BCUT2D eigenvalue weighted by Gasteiger charge is 2.15. The maximum Gasteiger partial charge on any atom is 0.408 e. The first-order valence-electron chi connectivity index (χ1n) is 6.76. The first-order valence-corrected chi connectivity index (χ1v) is 6.76. The van der Waals surface area contributed by atoms with Gasteiger partial charge < -0.3 is 15.4 Å². The second-order valence-corrected chi connectivity index (χ2v) is 5.71. The lowest BCUT2D eigenvalue weighted by atomic mass is 10.1. The number of ether oxygens (including phenoxy) is 1. The Balaban J connectivity index is 1.84. The number of nitrogens with one attached hydrogen (secondary N) is 2. The summed E-state index contributed by atoms with van der Waals surface area (Å²) in [7, 11) is 0. The molecule has 0 atom stereocenters. The molecule has 1 amide bonds. The monoisotopic (exact) mass is 272 g/mol. The number of hydrogen-bond donors (Lipinski definition) is 2. The Bertz CT molecular complexity index is 562. The van der Waals surface area contributed by atoms with Crippen LogP contribution in [0.5, 0.6) is 0 Å². The highest BCUT2D eigenvalue weighted by molar-refractivity contribution is 5.68. The minimum atomic E-state index is -0.482. The lowest BCUT2D eigenvalue weighted by Gasteiger charge is -2.18. The largest absolute Gasteiger partial charge is 0.444 e. The van der Waals surface area contributed by atoms with Gasteiger partial charge in [-0.05, 0) is 51.0 Å². The van der Waals surface area contributed by atoms with Crippen LogP contribution in [0.4, 0.5) is 10.5 Å². The van der Waals surface area contributed by atoms with Crippen molar-refractivity contribution in [2.75, 3.05) is 18.4 Å². The summed E-state index contributed by atoms with van der Waals surface area (Å²) in [6.45, 7) is 6.77. The zero-order valence-corrected chi connectivity index (χ0v) is 12.2. The quantitative estimate of drug-likeness (QED) is 0.772. The fourth-order valence-electron chi connectivity index (χ4n) is 1.96. The Morgan fingerprint density at radius 3 is 3.00 bits per heavy atom. The van der Waals surface area contributed by atoms with Crippen molar-refractivity contribution >= 4 is 11.8 Å². The third-order valence-electron chi connectivity index (χ3n) is 2.77. The third-order valence-corrected chi connectivity index (χ3v) is 2.77. The van der Waals surface area contributed by atoms with E-state index in [0.29, 0.717) is 0 Å². The topological polar surface area (TPSA) is 50.4 Å². The van der Waals surface area contributed by atoms with Crippen LogP contribution in [0, 0.1) is 11.8 Å². The number of benzene rings is 1. The van der Waals surface area contributed by atoms with E-state index in [1.165, 1.54) is 11.3 Å². The van der Waals surface area contributed by atoms with E-state index in [2.05, 4.69) is 28.5 Å². The molecule has 4 heteroatoms. The SMILES string of the molecule is CC(C)(C)OC(=O)NCC#Cc1ccc2c(c1)CCN2. The van der Waals surface area contributed by atoms with Gasteiger partial charge in [-0.25, -0.2) is 4.79 Å². The molecule has 0 radical (unpaired) electrons. The standard InChI is InChI=1S/C16H20N2O2/c1-16(2,3)20-15(19)18-9-4-5-12-6-7-14-13(11-12)8-10-17-14/h6-7,11,17H,8-10H2,1-3H3,(H,18,19). The predicted molar refractivity (Wildman–Crippen MR) is 79.8 cm³/mol. The van der Waals surface area contributed by atoms with Crippen molar-refractivity contribution in [2.24, 2.45) is 0 Å². The highest BCUT2D eigenvalue weighted by Crippen LogP contribution is 2.22. The summed E-state index contributed by atoms with van der Waals surface area (Å²) in [4.78, 5) is 11.4. The van der Waals surface area contributed by atoms with Crippen LogP contribution >= 0.6 is 0 Å². The molecule has 106 valence electrons. The van der Waals surface area contributed by atoms with Crippen molar-refractivity contribution in [3.05, 3.63) is 29.3 Å². The second-order valence-electron chi connectivity index (χ2n) is 5.71. The molecule has 0 bridgehead atoms. The van der Waals surface area contributed by atoms with Crippen molar-refractivity contribution in [3.8, 4) is 11.8 Å². The molecule has 1 aromatic rings. The molecule has 2 N–H and O–H groups in total. The number of carbonyl (C=O) groups is 1. The van der Waals surface area contributed by atoms with Crippen LogP contribution in [0.1, 0.15) is 31.9 Å². The van der Waals surface area contributed by atoms with E-state index in [4.69, 9.17) is 4.74 Å². The molecular formula is C16H20N2O2. The van der Waals surface area contributed by atoms with Gasteiger partial charge in [0, 0.05) is 17.8 Å². The number of hydrogen-bond acceptors (Lipinski definition) is 3. The third kappa shape index (κ3) is 4.20. The molecular weight excluding hydrogens is 252 g/mol. The number of alkyl carbamates (subject to hydrolysis) is 1. The number of anilines is 1. The van der Waals surface area contributed by atoms with E-state index < -0.39 is 11.7 Å². The van der Waals surface area contributed by atoms with E-state index in [9.17, 15) is 4.79 Å².